The van der Waals surface area contributed by atoms with Gasteiger partial charge in [-0.05, 0) is 19.1 Å². The standard InChI is InChI=1S/C13H15NO4/c1-3-18-12-7-5-4-6-10(12)8-11(13(16)17)14-9(2)15/h4-8H,3H2,1-2H3,(H,14,15)(H,16,17)/b11-8+. The van der Waals surface area contributed by atoms with Gasteiger partial charge in [-0.3, -0.25) is 4.79 Å². The SMILES string of the molecule is CCOc1ccccc1/C=C(/NC(C)=O)C(=O)O. The highest BCUT2D eigenvalue weighted by atomic mass is 16.5. The van der Waals surface area contributed by atoms with Gasteiger partial charge in [-0.25, -0.2) is 4.79 Å². The zero-order chi connectivity index (χ0) is 13.5. The lowest BCUT2D eigenvalue weighted by atomic mass is 10.1. The predicted octanol–water partition coefficient (Wildman–Crippen LogP) is 1.65. The molecule has 0 saturated heterocycles. The smallest absolute Gasteiger partial charge is 0.352 e. The molecule has 1 amide bonds. The summed E-state index contributed by atoms with van der Waals surface area (Å²) in [4.78, 5) is 21.9. The lowest BCUT2D eigenvalue weighted by Gasteiger charge is -2.08. The van der Waals surface area contributed by atoms with Crippen LogP contribution in [0.25, 0.3) is 6.08 Å². The highest BCUT2D eigenvalue weighted by Gasteiger charge is 2.10. The number of amides is 1. The van der Waals surface area contributed by atoms with Gasteiger partial charge in [0, 0.05) is 12.5 Å². The summed E-state index contributed by atoms with van der Waals surface area (Å²) in [7, 11) is 0. The summed E-state index contributed by atoms with van der Waals surface area (Å²) in [6.45, 7) is 3.57. The number of hydrogen-bond donors (Lipinski definition) is 2. The Labute approximate surface area is 105 Å². The molecule has 0 atom stereocenters. The Morgan fingerprint density at radius 1 is 1.39 bits per heavy atom. The van der Waals surface area contributed by atoms with Gasteiger partial charge in [0.25, 0.3) is 0 Å². The highest BCUT2D eigenvalue weighted by Crippen LogP contribution is 2.20. The Balaban J connectivity index is 3.10. The molecule has 1 rings (SSSR count). The van der Waals surface area contributed by atoms with Gasteiger partial charge in [-0.15, -0.1) is 0 Å². The van der Waals surface area contributed by atoms with Crippen LogP contribution in [-0.2, 0) is 9.59 Å². The van der Waals surface area contributed by atoms with Crippen molar-refractivity contribution in [1.82, 2.24) is 5.32 Å². The number of carbonyl (C=O) groups is 2. The maximum atomic E-state index is 11.0. The van der Waals surface area contributed by atoms with Crippen LogP contribution in [0.2, 0.25) is 0 Å². The molecule has 0 bridgehead atoms. The molecule has 0 saturated carbocycles. The van der Waals surface area contributed by atoms with Gasteiger partial charge in [0.15, 0.2) is 0 Å². The Hall–Kier alpha value is -2.30. The number of carbonyl (C=O) groups excluding carboxylic acids is 1. The highest BCUT2D eigenvalue weighted by molar-refractivity contribution is 5.96. The van der Waals surface area contributed by atoms with Crippen LogP contribution >= 0.6 is 0 Å². The molecule has 0 aromatic heterocycles. The molecule has 0 aliphatic heterocycles. The van der Waals surface area contributed by atoms with Crippen LogP contribution in [0.1, 0.15) is 19.4 Å². The normalized spacial score (nSPS) is 10.9. The zero-order valence-electron chi connectivity index (χ0n) is 10.3. The van der Waals surface area contributed by atoms with E-state index in [1.807, 2.05) is 6.92 Å². The van der Waals surface area contributed by atoms with Gasteiger partial charge < -0.3 is 15.2 Å². The van der Waals surface area contributed by atoms with E-state index in [2.05, 4.69) is 5.32 Å². The van der Waals surface area contributed by atoms with Gasteiger partial charge in [-0.2, -0.15) is 0 Å². The van der Waals surface area contributed by atoms with Gasteiger partial charge in [0.1, 0.15) is 11.4 Å². The van der Waals surface area contributed by atoms with E-state index in [4.69, 9.17) is 9.84 Å². The average Bonchev–Trinajstić information content (AvgIpc) is 2.30. The third kappa shape index (κ3) is 3.93. The minimum atomic E-state index is -1.20. The molecule has 0 aliphatic rings. The number of carboxylic acid groups (broad SMARTS) is 1. The van der Waals surface area contributed by atoms with Crippen LogP contribution in [0.4, 0.5) is 0 Å². The van der Waals surface area contributed by atoms with E-state index < -0.39 is 11.9 Å². The summed E-state index contributed by atoms with van der Waals surface area (Å²) in [6, 6.07) is 7.01. The minimum absolute atomic E-state index is 0.186. The Bertz CT molecular complexity index is 480. The molecular formula is C13H15NO4. The number of para-hydroxylation sites is 1. The minimum Gasteiger partial charge on any atom is -0.493 e. The van der Waals surface area contributed by atoms with Gasteiger partial charge in [0.05, 0.1) is 6.61 Å². The van der Waals surface area contributed by atoms with Gasteiger partial charge >= 0.3 is 5.97 Å². The van der Waals surface area contributed by atoms with Crippen LogP contribution in [0.3, 0.4) is 0 Å². The van der Waals surface area contributed by atoms with Crippen molar-refractivity contribution in [2.24, 2.45) is 0 Å². The summed E-state index contributed by atoms with van der Waals surface area (Å²) < 4.78 is 5.37. The van der Waals surface area contributed by atoms with Crippen molar-refractivity contribution >= 4 is 18.0 Å². The Morgan fingerprint density at radius 3 is 2.61 bits per heavy atom. The second kappa shape index (κ2) is 6.44. The van der Waals surface area contributed by atoms with E-state index >= 15 is 0 Å². The summed E-state index contributed by atoms with van der Waals surface area (Å²) in [6.07, 6.45) is 1.37. The van der Waals surface area contributed by atoms with E-state index in [1.165, 1.54) is 13.0 Å². The van der Waals surface area contributed by atoms with E-state index in [0.29, 0.717) is 17.9 Å². The summed E-state index contributed by atoms with van der Waals surface area (Å²) >= 11 is 0. The monoisotopic (exact) mass is 249 g/mol. The summed E-state index contributed by atoms with van der Waals surface area (Å²) in [5.74, 6) is -1.06. The Morgan fingerprint density at radius 2 is 2.06 bits per heavy atom. The molecule has 1 aromatic carbocycles. The molecule has 0 fully saturated rings. The van der Waals surface area contributed by atoms with Crippen LogP contribution in [0.5, 0.6) is 5.75 Å². The van der Waals surface area contributed by atoms with Gasteiger partial charge in [0.2, 0.25) is 5.91 Å². The predicted molar refractivity (Wildman–Crippen MR) is 67.0 cm³/mol. The zero-order valence-corrected chi connectivity index (χ0v) is 10.3. The van der Waals surface area contributed by atoms with Crippen molar-refractivity contribution in [1.29, 1.82) is 0 Å². The van der Waals surface area contributed by atoms with E-state index in [-0.39, 0.29) is 5.70 Å². The van der Waals surface area contributed by atoms with Crippen LogP contribution in [0.15, 0.2) is 30.0 Å². The number of hydrogen-bond acceptors (Lipinski definition) is 3. The quantitative estimate of drug-likeness (QED) is 0.778. The molecule has 0 unspecified atom stereocenters. The first kappa shape index (κ1) is 13.8. The first-order valence-corrected chi connectivity index (χ1v) is 5.49. The number of carboxylic acids is 1. The third-order valence-electron chi connectivity index (χ3n) is 2.06. The fourth-order valence-electron chi connectivity index (χ4n) is 1.38. The molecule has 5 nitrogen and oxygen atoms in total. The maximum absolute atomic E-state index is 11.0. The molecule has 0 radical (unpaired) electrons. The second-order valence-electron chi connectivity index (χ2n) is 3.52. The molecule has 5 heteroatoms. The third-order valence-corrected chi connectivity index (χ3v) is 2.06. The summed E-state index contributed by atoms with van der Waals surface area (Å²) in [5, 5.41) is 11.2. The lowest BCUT2D eigenvalue weighted by molar-refractivity contribution is -0.134. The van der Waals surface area contributed by atoms with Crippen molar-refractivity contribution in [3.63, 3.8) is 0 Å². The van der Waals surface area contributed by atoms with Crippen molar-refractivity contribution in [3.05, 3.63) is 35.5 Å². The van der Waals surface area contributed by atoms with Gasteiger partial charge in [-0.1, -0.05) is 18.2 Å². The number of rotatable bonds is 5. The molecule has 96 valence electrons. The van der Waals surface area contributed by atoms with Crippen LogP contribution < -0.4 is 10.1 Å². The second-order valence-corrected chi connectivity index (χ2v) is 3.52. The number of ether oxygens (including phenoxy) is 1. The van der Waals surface area contributed by atoms with Crippen LogP contribution in [0, 0.1) is 0 Å². The Kier molecular flexibility index (Phi) is 4.92. The molecular weight excluding hydrogens is 234 g/mol. The first-order valence-electron chi connectivity index (χ1n) is 5.49. The van der Waals surface area contributed by atoms with Crippen molar-refractivity contribution < 1.29 is 19.4 Å². The first-order chi connectivity index (χ1) is 8.54. The van der Waals surface area contributed by atoms with E-state index in [1.54, 1.807) is 24.3 Å². The van der Waals surface area contributed by atoms with Crippen LogP contribution in [-0.4, -0.2) is 23.6 Å². The molecule has 18 heavy (non-hydrogen) atoms. The van der Waals surface area contributed by atoms with Crippen molar-refractivity contribution in [2.45, 2.75) is 13.8 Å². The van der Waals surface area contributed by atoms with E-state index in [0.717, 1.165) is 0 Å². The molecule has 0 spiro atoms. The largest absolute Gasteiger partial charge is 0.493 e. The number of benzene rings is 1. The average molecular weight is 249 g/mol. The number of aliphatic carboxylic acids is 1. The summed E-state index contributed by atoms with van der Waals surface area (Å²) in [5.41, 5.74) is 0.417. The fraction of sp³-hybridized carbons (Fsp3) is 0.231. The van der Waals surface area contributed by atoms with E-state index in [9.17, 15) is 9.59 Å². The van der Waals surface area contributed by atoms with Crippen molar-refractivity contribution in [2.75, 3.05) is 6.61 Å². The van der Waals surface area contributed by atoms with Crippen molar-refractivity contribution in [3.8, 4) is 5.75 Å². The molecule has 0 aliphatic carbocycles. The number of nitrogens with one attached hydrogen (secondary N) is 1. The molecule has 2 N–H and O–H groups in total. The lowest BCUT2D eigenvalue weighted by Crippen LogP contribution is -2.24. The topological polar surface area (TPSA) is 75.6 Å². The maximum Gasteiger partial charge on any atom is 0.352 e. The molecule has 0 heterocycles. The molecule has 1 aromatic rings. The fourth-order valence-corrected chi connectivity index (χ4v) is 1.38.